The Hall–Kier alpha value is -0.940. The van der Waals surface area contributed by atoms with Crippen molar-refractivity contribution in [1.29, 1.82) is 0 Å². The average Bonchev–Trinajstić information content (AvgIpc) is 2.41. The van der Waals surface area contributed by atoms with Crippen molar-refractivity contribution in [3.8, 4) is 0 Å². The molecule has 1 aliphatic heterocycles. The molecule has 18 heavy (non-hydrogen) atoms. The molecular formula is C13H16BrFN2O. The highest BCUT2D eigenvalue weighted by atomic mass is 79.9. The highest BCUT2D eigenvalue weighted by molar-refractivity contribution is 9.10. The van der Waals surface area contributed by atoms with Gasteiger partial charge in [-0.1, -0.05) is 0 Å². The van der Waals surface area contributed by atoms with Crippen molar-refractivity contribution in [2.75, 3.05) is 20.1 Å². The number of hydrogen-bond acceptors (Lipinski definition) is 2. The van der Waals surface area contributed by atoms with Gasteiger partial charge in [-0.15, -0.1) is 0 Å². The largest absolute Gasteiger partial charge is 0.339 e. The first-order valence-electron chi connectivity index (χ1n) is 6.02. The first-order valence-corrected chi connectivity index (χ1v) is 6.82. The summed E-state index contributed by atoms with van der Waals surface area (Å²) >= 11 is 3.08. The fourth-order valence-electron chi connectivity index (χ4n) is 2.19. The van der Waals surface area contributed by atoms with Gasteiger partial charge in [0.2, 0.25) is 0 Å². The molecular weight excluding hydrogens is 299 g/mol. The van der Waals surface area contributed by atoms with Gasteiger partial charge in [0, 0.05) is 18.7 Å². The molecule has 98 valence electrons. The third kappa shape index (κ3) is 2.90. The van der Waals surface area contributed by atoms with Crippen molar-refractivity contribution in [3.63, 3.8) is 0 Å². The van der Waals surface area contributed by atoms with Crippen LogP contribution in [0.15, 0.2) is 22.7 Å². The van der Waals surface area contributed by atoms with E-state index in [1.165, 1.54) is 6.07 Å². The molecule has 0 bridgehead atoms. The minimum Gasteiger partial charge on any atom is -0.339 e. The van der Waals surface area contributed by atoms with Crippen LogP contribution in [0.25, 0.3) is 0 Å². The van der Waals surface area contributed by atoms with E-state index in [1.54, 1.807) is 24.1 Å². The molecule has 0 aromatic heterocycles. The van der Waals surface area contributed by atoms with Crippen LogP contribution in [-0.2, 0) is 0 Å². The maximum absolute atomic E-state index is 13.4. The van der Waals surface area contributed by atoms with Gasteiger partial charge in [-0.25, -0.2) is 4.39 Å². The molecule has 5 heteroatoms. The predicted molar refractivity (Wildman–Crippen MR) is 72.1 cm³/mol. The predicted octanol–water partition coefficient (Wildman–Crippen LogP) is 2.41. The van der Waals surface area contributed by atoms with Crippen LogP contribution in [0.1, 0.15) is 23.2 Å². The summed E-state index contributed by atoms with van der Waals surface area (Å²) in [5.41, 5.74) is 0.400. The van der Waals surface area contributed by atoms with Crippen LogP contribution in [0.5, 0.6) is 0 Å². The summed E-state index contributed by atoms with van der Waals surface area (Å²) in [6, 6.07) is 4.74. The van der Waals surface area contributed by atoms with Crippen LogP contribution >= 0.6 is 15.9 Å². The summed E-state index contributed by atoms with van der Waals surface area (Å²) in [6.07, 6.45) is 1.89. The monoisotopic (exact) mass is 314 g/mol. The number of carbonyl (C=O) groups excluding carboxylic acids is 1. The Kier molecular flexibility index (Phi) is 4.35. The third-order valence-electron chi connectivity index (χ3n) is 3.34. The zero-order valence-electron chi connectivity index (χ0n) is 10.2. The Bertz CT molecular complexity index is 447. The number of benzene rings is 1. The molecule has 1 saturated heterocycles. The number of carbonyl (C=O) groups is 1. The second-order valence-corrected chi connectivity index (χ2v) is 5.38. The van der Waals surface area contributed by atoms with E-state index in [4.69, 9.17) is 0 Å². The number of nitrogens with one attached hydrogen (secondary N) is 1. The van der Waals surface area contributed by atoms with E-state index in [2.05, 4.69) is 21.2 Å². The van der Waals surface area contributed by atoms with Crippen molar-refractivity contribution in [2.24, 2.45) is 0 Å². The molecule has 0 saturated carbocycles. The lowest BCUT2D eigenvalue weighted by Crippen LogP contribution is -2.43. The van der Waals surface area contributed by atoms with Crippen LogP contribution in [0, 0.1) is 5.82 Å². The van der Waals surface area contributed by atoms with Crippen molar-refractivity contribution >= 4 is 21.8 Å². The van der Waals surface area contributed by atoms with Crippen molar-refractivity contribution in [3.05, 3.63) is 34.1 Å². The highest BCUT2D eigenvalue weighted by Gasteiger charge is 2.23. The SMILES string of the molecule is CN(C(=O)c1ccc(Br)c(F)c1)C1CCNCC1. The molecule has 0 atom stereocenters. The van der Waals surface area contributed by atoms with E-state index in [1.807, 2.05) is 0 Å². The van der Waals surface area contributed by atoms with Gasteiger partial charge in [0.05, 0.1) is 4.47 Å². The Labute approximate surface area is 114 Å². The van der Waals surface area contributed by atoms with Crippen LogP contribution in [0.2, 0.25) is 0 Å². The topological polar surface area (TPSA) is 32.3 Å². The van der Waals surface area contributed by atoms with Crippen molar-refractivity contribution in [1.82, 2.24) is 10.2 Å². The standard InChI is InChI=1S/C13H16BrFN2O/c1-17(10-4-6-16-7-5-10)13(18)9-2-3-11(14)12(15)8-9/h2-3,8,10,16H,4-7H2,1H3. The van der Waals surface area contributed by atoms with Gasteiger partial charge in [-0.3, -0.25) is 4.79 Å². The highest BCUT2D eigenvalue weighted by Crippen LogP contribution is 2.19. The number of piperidine rings is 1. The minimum absolute atomic E-state index is 0.117. The molecule has 1 N–H and O–H groups in total. The zero-order chi connectivity index (χ0) is 13.1. The van der Waals surface area contributed by atoms with Crippen LogP contribution < -0.4 is 5.32 Å². The average molecular weight is 315 g/mol. The lowest BCUT2D eigenvalue weighted by molar-refractivity contribution is 0.0702. The quantitative estimate of drug-likeness (QED) is 0.909. The molecule has 0 radical (unpaired) electrons. The molecule has 0 aliphatic carbocycles. The van der Waals surface area contributed by atoms with Crippen LogP contribution in [-0.4, -0.2) is 37.0 Å². The summed E-state index contributed by atoms with van der Waals surface area (Å²) in [6.45, 7) is 1.86. The lowest BCUT2D eigenvalue weighted by Gasteiger charge is -2.31. The molecule has 3 nitrogen and oxygen atoms in total. The first-order chi connectivity index (χ1) is 8.59. The van der Waals surface area contributed by atoms with Gasteiger partial charge < -0.3 is 10.2 Å². The summed E-state index contributed by atoms with van der Waals surface area (Å²) in [4.78, 5) is 14.0. The number of nitrogens with zero attached hydrogens (tertiary/aromatic N) is 1. The Morgan fingerprint density at radius 2 is 2.11 bits per heavy atom. The number of rotatable bonds is 2. The normalized spacial score (nSPS) is 16.6. The third-order valence-corrected chi connectivity index (χ3v) is 3.99. The van der Waals surface area contributed by atoms with Crippen LogP contribution in [0.4, 0.5) is 4.39 Å². The van der Waals surface area contributed by atoms with E-state index < -0.39 is 5.82 Å². The second kappa shape index (κ2) is 5.80. The van der Waals surface area contributed by atoms with E-state index in [9.17, 15) is 9.18 Å². The molecule has 0 unspecified atom stereocenters. The van der Waals surface area contributed by atoms with E-state index >= 15 is 0 Å². The maximum atomic E-state index is 13.4. The fourth-order valence-corrected chi connectivity index (χ4v) is 2.44. The van der Waals surface area contributed by atoms with E-state index in [-0.39, 0.29) is 11.9 Å². The van der Waals surface area contributed by atoms with E-state index in [0.29, 0.717) is 10.0 Å². The minimum atomic E-state index is -0.403. The van der Waals surface area contributed by atoms with Gasteiger partial charge >= 0.3 is 0 Å². The molecule has 1 fully saturated rings. The Morgan fingerprint density at radius 3 is 2.72 bits per heavy atom. The molecule has 1 aliphatic rings. The Balaban J connectivity index is 2.11. The lowest BCUT2D eigenvalue weighted by atomic mass is 10.0. The molecule has 0 spiro atoms. The molecule has 1 aromatic rings. The fraction of sp³-hybridized carbons (Fsp3) is 0.462. The summed E-state index contributed by atoms with van der Waals surface area (Å²) in [7, 11) is 1.79. The van der Waals surface area contributed by atoms with Crippen molar-refractivity contribution < 1.29 is 9.18 Å². The van der Waals surface area contributed by atoms with Gasteiger partial charge in [0.15, 0.2) is 0 Å². The molecule has 1 aromatic carbocycles. The molecule has 1 heterocycles. The van der Waals surface area contributed by atoms with E-state index in [0.717, 1.165) is 25.9 Å². The zero-order valence-corrected chi connectivity index (χ0v) is 11.8. The first kappa shape index (κ1) is 13.5. The summed E-state index contributed by atoms with van der Waals surface area (Å²) in [5, 5.41) is 3.26. The molecule has 1 amide bonds. The van der Waals surface area contributed by atoms with Gasteiger partial charge in [-0.05, 0) is 60.1 Å². The van der Waals surface area contributed by atoms with Gasteiger partial charge in [-0.2, -0.15) is 0 Å². The second-order valence-electron chi connectivity index (χ2n) is 4.53. The maximum Gasteiger partial charge on any atom is 0.253 e. The van der Waals surface area contributed by atoms with Gasteiger partial charge in [0.1, 0.15) is 5.82 Å². The molecule has 2 rings (SSSR count). The summed E-state index contributed by atoms with van der Waals surface area (Å²) in [5.74, 6) is -0.520. The van der Waals surface area contributed by atoms with Crippen LogP contribution in [0.3, 0.4) is 0 Å². The number of hydrogen-bond donors (Lipinski definition) is 1. The number of halogens is 2. The summed E-state index contributed by atoms with van der Waals surface area (Å²) < 4.78 is 13.8. The smallest absolute Gasteiger partial charge is 0.253 e. The number of amides is 1. The van der Waals surface area contributed by atoms with Gasteiger partial charge in [0.25, 0.3) is 5.91 Å². The van der Waals surface area contributed by atoms with Crippen molar-refractivity contribution in [2.45, 2.75) is 18.9 Å². The Morgan fingerprint density at radius 1 is 1.44 bits per heavy atom.